The molecular formula is C52H37N5. The number of nitriles is 1. The summed E-state index contributed by atoms with van der Waals surface area (Å²) in [6.07, 6.45) is 14.0. The van der Waals surface area contributed by atoms with E-state index in [2.05, 4.69) is 109 Å². The van der Waals surface area contributed by atoms with Crippen molar-refractivity contribution in [2.24, 2.45) is 0 Å². The van der Waals surface area contributed by atoms with Crippen LogP contribution in [0, 0.1) is 25.2 Å². The number of allylic oxidation sites excluding steroid dienone is 10. The van der Waals surface area contributed by atoms with Crippen LogP contribution in [-0.4, -0.2) is 19.9 Å². The summed E-state index contributed by atoms with van der Waals surface area (Å²) in [6.45, 7) is 4.06. The number of aromatic nitrogens is 4. The van der Waals surface area contributed by atoms with E-state index in [9.17, 15) is 5.26 Å². The summed E-state index contributed by atoms with van der Waals surface area (Å²) in [5.41, 5.74) is 16.9. The Morgan fingerprint density at radius 2 is 0.912 bits per heavy atom. The standard InChI is InChI=1S/C52H37N5/c1-34-16-29-45(35(2)54-34)48-14-8-9-15-49(48)52-56-50(41-10-4-3-5-11-41)55-51(57-52)42-27-25-40(26-28-42)47-31-30-46(43-12-6-7-13-44(47)32-43)39-23-21-38(22-24-39)37-19-17-36(33-53)18-20-37/h3-31H,32H2,1-2H3. The minimum Gasteiger partial charge on any atom is -0.258 e. The molecule has 5 aromatic carbocycles. The molecule has 270 valence electrons. The molecule has 2 bridgehead atoms. The van der Waals surface area contributed by atoms with Gasteiger partial charge in [0, 0.05) is 33.6 Å². The van der Waals surface area contributed by atoms with E-state index >= 15 is 0 Å². The zero-order chi connectivity index (χ0) is 38.7. The zero-order valence-corrected chi connectivity index (χ0v) is 31.7. The average Bonchev–Trinajstić information content (AvgIpc) is 3.62. The van der Waals surface area contributed by atoms with E-state index in [1.54, 1.807) is 0 Å². The number of nitrogens with zero attached hydrogens (tertiary/aromatic N) is 5. The van der Waals surface area contributed by atoms with Gasteiger partial charge in [0.2, 0.25) is 0 Å². The third-order valence-electron chi connectivity index (χ3n) is 10.5. The molecule has 9 rings (SSSR count). The average molecular weight is 732 g/mol. The Morgan fingerprint density at radius 1 is 0.421 bits per heavy atom. The number of aryl methyl sites for hydroxylation is 2. The molecule has 5 nitrogen and oxygen atoms in total. The highest BCUT2D eigenvalue weighted by molar-refractivity contribution is 5.91. The van der Waals surface area contributed by atoms with Crippen LogP contribution >= 0.6 is 0 Å². The van der Waals surface area contributed by atoms with Gasteiger partial charge in [0.05, 0.1) is 11.6 Å². The minimum atomic E-state index is 0.613. The molecule has 57 heavy (non-hydrogen) atoms. The van der Waals surface area contributed by atoms with Crippen LogP contribution < -0.4 is 0 Å². The maximum absolute atomic E-state index is 9.20. The molecule has 0 N–H and O–H groups in total. The van der Waals surface area contributed by atoms with E-state index in [0.717, 1.165) is 67.9 Å². The van der Waals surface area contributed by atoms with E-state index in [-0.39, 0.29) is 0 Å². The molecule has 0 spiro atoms. The molecule has 0 saturated carbocycles. The SMILES string of the molecule is Cc1ccc(-c2ccccc2-c2nc(-c3ccccc3)nc(-c3ccc(C4=CC=C(c5ccc(-c6ccc(C#N)cc6)cc5)C5=CC=CC=C4C5)cc3)n2)c(C)n1. The normalized spacial score (nSPS) is 13.4. The fraction of sp³-hybridized carbons (Fsp3) is 0.0577. The molecule has 2 heterocycles. The topological polar surface area (TPSA) is 75.3 Å². The zero-order valence-electron chi connectivity index (χ0n) is 31.7. The Bertz CT molecular complexity index is 2850. The van der Waals surface area contributed by atoms with Crippen LogP contribution in [-0.2, 0) is 0 Å². The van der Waals surface area contributed by atoms with Gasteiger partial charge in [-0.3, -0.25) is 4.98 Å². The lowest BCUT2D eigenvalue weighted by molar-refractivity contribution is 1.07. The van der Waals surface area contributed by atoms with Crippen LogP contribution in [0.5, 0.6) is 0 Å². The molecule has 0 atom stereocenters. The van der Waals surface area contributed by atoms with Crippen molar-refractivity contribution >= 4 is 11.1 Å². The van der Waals surface area contributed by atoms with Crippen molar-refractivity contribution in [1.29, 1.82) is 5.26 Å². The predicted octanol–water partition coefficient (Wildman–Crippen LogP) is 12.4. The maximum atomic E-state index is 9.20. The Hall–Kier alpha value is -7.55. The van der Waals surface area contributed by atoms with Crippen molar-refractivity contribution in [3.63, 3.8) is 0 Å². The summed E-state index contributed by atoms with van der Waals surface area (Å²) in [4.78, 5) is 19.9. The molecule has 2 aromatic heterocycles. The van der Waals surface area contributed by atoms with Crippen molar-refractivity contribution in [3.8, 4) is 62.5 Å². The third kappa shape index (κ3) is 7.21. The largest absolute Gasteiger partial charge is 0.258 e. The first-order valence-corrected chi connectivity index (χ1v) is 19.1. The van der Waals surface area contributed by atoms with Crippen LogP contribution in [0.25, 0.3) is 67.6 Å². The van der Waals surface area contributed by atoms with Crippen molar-refractivity contribution in [3.05, 3.63) is 215 Å². The molecule has 7 aromatic rings. The highest BCUT2D eigenvalue weighted by Crippen LogP contribution is 2.40. The van der Waals surface area contributed by atoms with Crippen LogP contribution in [0.1, 0.15) is 34.5 Å². The first-order chi connectivity index (χ1) is 28.0. The Balaban J connectivity index is 1.08. The molecule has 0 unspecified atom stereocenters. The number of fused-ring (bicyclic) bond motifs is 2. The van der Waals surface area contributed by atoms with E-state index in [4.69, 9.17) is 19.9 Å². The highest BCUT2D eigenvalue weighted by Gasteiger charge is 2.20. The summed E-state index contributed by atoms with van der Waals surface area (Å²) in [5, 5.41) is 9.20. The number of pyridine rings is 1. The lowest BCUT2D eigenvalue weighted by Crippen LogP contribution is -2.01. The van der Waals surface area contributed by atoms with Crippen LogP contribution in [0.4, 0.5) is 0 Å². The molecular weight excluding hydrogens is 695 g/mol. The van der Waals surface area contributed by atoms with E-state index in [0.29, 0.717) is 23.0 Å². The van der Waals surface area contributed by atoms with Gasteiger partial charge in [-0.25, -0.2) is 15.0 Å². The third-order valence-corrected chi connectivity index (χ3v) is 10.5. The van der Waals surface area contributed by atoms with Crippen molar-refractivity contribution in [2.75, 3.05) is 0 Å². The quantitative estimate of drug-likeness (QED) is 0.163. The second kappa shape index (κ2) is 15.3. The summed E-state index contributed by atoms with van der Waals surface area (Å²) in [6, 6.07) is 49.7. The lowest BCUT2D eigenvalue weighted by Gasteiger charge is -2.14. The van der Waals surface area contributed by atoms with Crippen molar-refractivity contribution < 1.29 is 0 Å². The second-order valence-corrected chi connectivity index (χ2v) is 14.3. The van der Waals surface area contributed by atoms with Crippen molar-refractivity contribution in [2.45, 2.75) is 20.3 Å². The maximum Gasteiger partial charge on any atom is 0.164 e. The Kier molecular flexibility index (Phi) is 9.44. The van der Waals surface area contributed by atoms with Gasteiger partial charge >= 0.3 is 0 Å². The van der Waals surface area contributed by atoms with E-state index < -0.39 is 0 Å². The molecule has 2 aliphatic carbocycles. The molecule has 5 heteroatoms. The Labute approximate surface area is 333 Å². The lowest BCUT2D eigenvalue weighted by atomic mass is 9.90. The van der Waals surface area contributed by atoms with Crippen LogP contribution in [0.3, 0.4) is 0 Å². The highest BCUT2D eigenvalue weighted by atomic mass is 15.0. The second-order valence-electron chi connectivity index (χ2n) is 14.3. The molecule has 2 aliphatic rings. The molecule has 0 fully saturated rings. The molecule has 0 amide bonds. The molecule has 0 saturated heterocycles. The fourth-order valence-electron chi connectivity index (χ4n) is 7.58. The van der Waals surface area contributed by atoms with Gasteiger partial charge in [-0.15, -0.1) is 0 Å². The first-order valence-electron chi connectivity index (χ1n) is 19.1. The molecule has 0 radical (unpaired) electrons. The van der Waals surface area contributed by atoms with Gasteiger partial charge in [0.15, 0.2) is 17.5 Å². The van der Waals surface area contributed by atoms with E-state index in [1.807, 2.05) is 86.6 Å². The number of hydrogen-bond donors (Lipinski definition) is 0. The predicted molar refractivity (Wildman–Crippen MR) is 231 cm³/mol. The van der Waals surface area contributed by atoms with Gasteiger partial charge < -0.3 is 0 Å². The summed E-state index contributed by atoms with van der Waals surface area (Å²) < 4.78 is 0. The van der Waals surface area contributed by atoms with Gasteiger partial charge in [-0.1, -0.05) is 158 Å². The van der Waals surface area contributed by atoms with Crippen LogP contribution in [0.2, 0.25) is 0 Å². The summed E-state index contributed by atoms with van der Waals surface area (Å²) >= 11 is 0. The summed E-state index contributed by atoms with van der Waals surface area (Å²) in [7, 11) is 0. The van der Waals surface area contributed by atoms with E-state index in [1.165, 1.54) is 22.3 Å². The van der Waals surface area contributed by atoms with Crippen molar-refractivity contribution in [1.82, 2.24) is 19.9 Å². The fourth-order valence-corrected chi connectivity index (χ4v) is 7.58. The van der Waals surface area contributed by atoms with Gasteiger partial charge in [0.1, 0.15) is 0 Å². The monoisotopic (exact) mass is 731 g/mol. The van der Waals surface area contributed by atoms with Gasteiger partial charge in [-0.05, 0) is 88.6 Å². The van der Waals surface area contributed by atoms with Crippen LogP contribution in [0.15, 0.2) is 187 Å². The first kappa shape index (κ1) is 35.2. The molecule has 0 aliphatic heterocycles. The number of rotatable bonds is 7. The van der Waals surface area contributed by atoms with Gasteiger partial charge in [-0.2, -0.15) is 5.26 Å². The van der Waals surface area contributed by atoms with Gasteiger partial charge in [0.25, 0.3) is 0 Å². The smallest absolute Gasteiger partial charge is 0.164 e. The number of benzene rings is 5. The summed E-state index contributed by atoms with van der Waals surface area (Å²) in [5.74, 6) is 1.85. The Morgan fingerprint density at radius 3 is 1.49 bits per heavy atom. The number of hydrogen-bond acceptors (Lipinski definition) is 5. The minimum absolute atomic E-state index is 0.613.